The van der Waals surface area contributed by atoms with Crippen LogP contribution in [0.15, 0.2) is 48.5 Å². The summed E-state index contributed by atoms with van der Waals surface area (Å²) < 4.78 is 0. The van der Waals surface area contributed by atoms with Crippen molar-refractivity contribution in [2.45, 2.75) is 38.8 Å². The van der Waals surface area contributed by atoms with Gasteiger partial charge in [-0.25, -0.2) is 0 Å². The van der Waals surface area contributed by atoms with Gasteiger partial charge in [0.05, 0.1) is 17.2 Å². The molecule has 29 heavy (non-hydrogen) atoms. The zero-order chi connectivity index (χ0) is 20.7. The summed E-state index contributed by atoms with van der Waals surface area (Å²) in [5, 5.41) is 10.3. The highest BCUT2D eigenvalue weighted by molar-refractivity contribution is 6.23. The van der Waals surface area contributed by atoms with E-state index in [9.17, 15) is 19.5 Å². The van der Waals surface area contributed by atoms with Crippen LogP contribution >= 0.6 is 0 Å². The summed E-state index contributed by atoms with van der Waals surface area (Å²) in [6.45, 7) is 4.27. The molecule has 0 spiro atoms. The number of carbonyl (C=O) groups excluding carboxylic acids is 3. The lowest BCUT2D eigenvalue weighted by atomic mass is 9.96. The summed E-state index contributed by atoms with van der Waals surface area (Å²) in [5.74, 6) is -1.02. The van der Waals surface area contributed by atoms with Crippen molar-refractivity contribution in [1.29, 1.82) is 0 Å². The van der Waals surface area contributed by atoms with Gasteiger partial charge in [0.1, 0.15) is 6.04 Å². The predicted molar refractivity (Wildman–Crippen MR) is 109 cm³/mol. The molecule has 4 rings (SSSR count). The molecule has 0 aliphatic carbocycles. The Hall–Kier alpha value is -2.99. The molecule has 0 fully saturated rings. The van der Waals surface area contributed by atoms with Crippen LogP contribution in [0.1, 0.15) is 59.1 Å². The van der Waals surface area contributed by atoms with Gasteiger partial charge < -0.3 is 10.0 Å². The molecule has 2 atom stereocenters. The fourth-order valence-electron chi connectivity index (χ4n) is 4.21. The van der Waals surface area contributed by atoms with E-state index in [-0.39, 0.29) is 11.8 Å². The first kappa shape index (κ1) is 19.3. The Labute approximate surface area is 169 Å². The van der Waals surface area contributed by atoms with E-state index < -0.39 is 24.0 Å². The maximum Gasteiger partial charge on any atom is 0.262 e. The molecule has 6 heteroatoms. The molecule has 0 aromatic heterocycles. The third kappa shape index (κ3) is 3.23. The van der Waals surface area contributed by atoms with Crippen LogP contribution in [0.5, 0.6) is 0 Å². The molecule has 2 heterocycles. The van der Waals surface area contributed by atoms with Crippen LogP contribution in [0.4, 0.5) is 5.69 Å². The Morgan fingerprint density at radius 2 is 1.62 bits per heavy atom. The maximum absolute atomic E-state index is 13.6. The molecule has 0 bridgehead atoms. The van der Waals surface area contributed by atoms with E-state index >= 15 is 0 Å². The molecule has 1 N–H and O–H groups in total. The number of benzene rings is 2. The number of aliphatic hydroxyl groups excluding tert-OH is 1. The van der Waals surface area contributed by atoms with E-state index in [4.69, 9.17) is 0 Å². The van der Waals surface area contributed by atoms with Crippen LogP contribution in [0, 0.1) is 5.92 Å². The molecular weight excluding hydrogens is 368 g/mol. The number of para-hydroxylation sites is 1. The van der Waals surface area contributed by atoms with Gasteiger partial charge in [-0.1, -0.05) is 44.2 Å². The number of anilines is 1. The lowest BCUT2D eigenvalue weighted by molar-refractivity contribution is -0.123. The highest BCUT2D eigenvalue weighted by Gasteiger charge is 2.44. The van der Waals surface area contributed by atoms with Crippen molar-refractivity contribution in [3.05, 3.63) is 65.2 Å². The average molecular weight is 392 g/mol. The van der Waals surface area contributed by atoms with E-state index in [1.807, 2.05) is 26.0 Å². The normalized spacial score (nSPS) is 19.4. The molecule has 2 aliphatic rings. The van der Waals surface area contributed by atoms with Gasteiger partial charge in [0.15, 0.2) is 0 Å². The topological polar surface area (TPSA) is 77.9 Å². The molecule has 0 saturated heterocycles. The SMILES string of the molecule is CC(C)CC(C(=O)N1CCC(O)c2ccccc21)N1C(=O)c2ccccc2C1=O. The van der Waals surface area contributed by atoms with E-state index in [1.54, 1.807) is 41.3 Å². The van der Waals surface area contributed by atoms with Gasteiger partial charge in [-0.15, -0.1) is 0 Å². The fourth-order valence-corrected chi connectivity index (χ4v) is 4.21. The van der Waals surface area contributed by atoms with E-state index in [1.165, 1.54) is 0 Å². The van der Waals surface area contributed by atoms with Crippen molar-refractivity contribution in [2.24, 2.45) is 5.92 Å². The van der Waals surface area contributed by atoms with Crippen LogP contribution in [-0.4, -0.2) is 40.3 Å². The van der Waals surface area contributed by atoms with Crippen LogP contribution in [0.3, 0.4) is 0 Å². The number of hydrogen-bond acceptors (Lipinski definition) is 4. The Morgan fingerprint density at radius 1 is 1.03 bits per heavy atom. The summed E-state index contributed by atoms with van der Waals surface area (Å²) in [5.41, 5.74) is 2.02. The summed E-state index contributed by atoms with van der Waals surface area (Å²) in [4.78, 5) is 42.4. The van der Waals surface area contributed by atoms with Crippen molar-refractivity contribution in [3.63, 3.8) is 0 Å². The molecule has 2 aliphatic heterocycles. The minimum Gasteiger partial charge on any atom is -0.388 e. The number of nitrogens with zero attached hydrogens (tertiary/aromatic N) is 2. The molecule has 2 aromatic rings. The Balaban J connectivity index is 1.72. The third-order valence-corrected chi connectivity index (χ3v) is 5.60. The van der Waals surface area contributed by atoms with Crippen LogP contribution in [-0.2, 0) is 4.79 Å². The monoisotopic (exact) mass is 392 g/mol. The van der Waals surface area contributed by atoms with E-state index in [0.29, 0.717) is 41.8 Å². The molecule has 150 valence electrons. The third-order valence-electron chi connectivity index (χ3n) is 5.60. The van der Waals surface area contributed by atoms with Crippen molar-refractivity contribution in [1.82, 2.24) is 4.90 Å². The Bertz CT molecular complexity index is 949. The Kier molecular flexibility index (Phi) is 4.96. The van der Waals surface area contributed by atoms with Gasteiger partial charge in [0, 0.05) is 17.8 Å². The lowest BCUT2D eigenvalue weighted by Gasteiger charge is -2.36. The molecule has 2 aromatic carbocycles. The second kappa shape index (κ2) is 7.44. The first-order valence-electron chi connectivity index (χ1n) is 9.95. The van der Waals surface area contributed by atoms with Gasteiger partial charge in [0.25, 0.3) is 11.8 Å². The maximum atomic E-state index is 13.6. The molecule has 3 amide bonds. The van der Waals surface area contributed by atoms with Crippen molar-refractivity contribution in [2.75, 3.05) is 11.4 Å². The van der Waals surface area contributed by atoms with Crippen LogP contribution < -0.4 is 4.90 Å². The summed E-state index contributed by atoms with van der Waals surface area (Å²) in [6.07, 6.45) is 0.170. The van der Waals surface area contributed by atoms with Crippen LogP contribution in [0.25, 0.3) is 0 Å². The quantitative estimate of drug-likeness (QED) is 0.811. The van der Waals surface area contributed by atoms with E-state index in [0.717, 1.165) is 4.90 Å². The van der Waals surface area contributed by atoms with Gasteiger partial charge in [-0.3, -0.25) is 19.3 Å². The van der Waals surface area contributed by atoms with Crippen molar-refractivity contribution >= 4 is 23.4 Å². The van der Waals surface area contributed by atoms with Crippen molar-refractivity contribution < 1.29 is 19.5 Å². The molecular formula is C23H24N2O4. The minimum atomic E-state index is -0.884. The number of rotatable bonds is 4. The smallest absolute Gasteiger partial charge is 0.262 e. The minimum absolute atomic E-state index is 0.110. The second-order valence-corrected chi connectivity index (χ2v) is 8.02. The van der Waals surface area contributed by atoms with E-state index in [2.05, 4.69) is 0 Å². The zero-order valence-electron chi connectivity index (χ0n) is 16.5. The highest BCUT2D eigenvalue weighted by Crippen LogP contribution is 2.35. The largest absolute Gasteiger partial charge is 0.388 e. The van der Waals surface area contributed by atoms with Gasteiger partial charge in [0.2, 0.25) is 5.91 Å². The predicted octanol–water partition coefficient (Wildman–Crippen LogP) is 3.17. The zero-order valence-corrected chi connectivity index (χ0v) is 16.5. The van der Waals surface area contributed by atoms with Crippen molar-refractivity contribution in [3.8, 4) is 0 Å². The lowest BCUT2D eigenvalue weighted by Crippen LogP contribution is -2.53. The standard InChI is InChI=1S/C23H24N2O4/c1-14(2)13-19(25-21(27)15-7-3-4-8-16(15)22(25)28)23(29)24-12-11-20(26)17-9-5-6-10-18(17)24/h3-10,14,19-20,26H,11-13H2,1-2H3. The summed E-state index contributed by atoms with van der Waals surface area (Å²) >= 11 is 0. The number of imide groups is 1. The highest BCUT2D eigenvalue weighted by atomic mass is 16.3. The van der Waals surface area contributed by atoms with Gasteiger partial charge in [-0.05, 0) is 37.0 Å². The molecule has 0 saturated carbocycles. The molecule has 0 radical (unpaired) electrons. The average Bonchev–Trinajstić information content (AvgIpc) is 2.97. The first-order valence-corrected chi connectivity index (χ1v) is 9.95. The molecule has 2 unspecified atom stereocenters. The number of aliphatic hydroxyl groups is 1. The van der Waals surface area contributed by atoms with Gasteiger partial charge in [-0.2, -0.15) is 0 Å². The summed E-state index contributed by atoms with van der Waals surface area (Å²) in [7, 11) is 0. The van der Waals surface area contributed by atoms with Crippen LogP contribution in [0.2, 0.25) is 0 Å². The number of hydrogen-bond donors (Lipinski definition) is 1. The molecule has 6 nitrogen and oxygen atoms in total. The Morgan fingerprint density at radius 3 is 2.24 bits per heavy atom. The number of carbonyl (C=O) groups is 3. The fraction of sp³-hybridized carbons (Fsp3) is 0.348. The number of amides is 3. The second-order valence-electron chi connectivity index (χ2n) is 8.02. The first-order chi connectivity index (χ1) is 13.9. The van der Waals surface area contributed by atoms with Gasteiger partial charge >= 0.3 is 0 Å². The summed E-state index contributed by atoms with van der Waals surface area (Å²) in [6, 6.07) is 13.0. The number of fused-ring (bicyclic) bond motifs is 2.